The number of benzene rings is 3. The summed E-state index contributed by atoms with van der Waals surface area (Å²) in [5, 5.41) is 3.70. The van der Waals surface area contributed by atoms with Gasteiger partial charge in [-0.1, -0.05) is 48.5 Å². The molecule has 0 spiro atoms. The molecule has 2 heterocycles. The zero-order valence-corrected chi connectivity index (χ0v) is 31.1. The fourth-order valence-corrected chi connectivity index (χ4v) is 7.62. The highest BCUT2D eigenvalue weighted by molar-refractivity contribution is 9.10. The van der Waals surface area contributed by atoms with Crippen molar-refractivity contribution in [2.45, 2.75) is 82.8 Å². The number of nitrogens with one attached hydrogen (secondary N) is 1. The summed E-state index contributed by atoms with van der Waals surface area (Å²) in [6.45, 7) is 4.18. The molecule has 3 aliphatic rings. The van der Waals surface area contributed by atoms with E-state index in [4.69, 9.17) is 9.47 Å². The van der Waals surface area contributed by atoms with Crippen molar-refractivity contribution in [1.29, 1.82) is 0 Å². The quantitative estimate of drug-likeness (QED) is 0.135. The smallest absolute Gasteiger partial charge is 0.305 e. The maximum absolute atomic E-state index is 14.8. The number of carbonyl (C=O) groups is 3. The SMILES string of the molecule is COC(=O)CCCC(=O)N1C[C@H]2CC(c3ccc(CCCOc4cc(F)ccc4Br)cc3)=C(C(=O)N(CCc3ccccc3C)C3CC3)[C@@H](C1)N2. The molecule has 1 aliphatic carbocycles. The summed E-state index contributed by atoms with van der Waals surface area (Å²) in [6.07, 6.45) is 5.91. The van der Waals surface area contributed by atoms with Crippen molar-refractivity contribution in [2.24, 2.45) is 0 Å². The van der Waals surface area contributed by atoms with Crippen LogP contribution < -0.4 is 10.1 Å². The van der Waals surface area contributed by atoms with Gasteiger partial charge in [-0.05, 0) is 108 Å². The second kappa shape index (κ2) is 17.0. The summed E-state index contributed by atoms with van der Waals surface area (Å²) in [6, 6.07) is 21.2. The lowest BCUT2D eigenvalue weighted by molar-refractivity contribution is -0.141. The number of ether oxygens (including phenoxy) is 2. The van der Waals surface area contributed by atoms with Crippen LogP contribution in [0.25, 0.3) is 5.57 Å². The Kier molecular flexibility index (Phi) is 12.3. The third-order valence-electron chi connectivity index (χ3n) is 10.2. The number of methoxy groups -OCH3 is 1. The Bertz CT molecular complexity index is 1760. The van der Waals surface area contributed by atoms with Gasteiger partial charge in [0.25, 0.3) is 5.91 Å². The summed E-state index contributed by atoms with van der Waals surface area (Å²) in [7, 11) is 1.36. The van der Waals surface area contributed by atoms with Gasteiger partial charge in [0, 0.05) is 56.2 Å². The molecule has 3 aromatic carbocycles. The molecule has 2 fully saturated rings. The Morgan fingerprint density at radius 1 is 0.980 bits per heavy atom. The van der Waals surface area contributed by atoms with Gasteiger partial charge < -0.3 is 24.6 Å². The molecule has 2 atom stereocenters. The monoisotopic (exact) mass is 759 g/mol. The first kappa shape index (κ1) is 36.8. The van der Waals surface area contributed by atoms with E-state index in [1.165, 1.54) is 30.4 Å². The maximum Gasteiger partial charge on any atom is 0.305 e. The number of aryl methyl sites for hydroxylation is 2. The Hall–Kier alpha value is -4.02. The van der Waals surface area contributed by atoms with E-state index in [0.29, 0.717) is 44.8 Å². The number of hydrogen-bond donors (Lipinski definition) is 1. The molecule has 2 amide bonds. The summed E-state index contributed by atoms with van der Waals surface area (Å²) in [4.78, 5) is 43.7. The first-order valence-electron chi connectivity index (χ1n) is 18.1. The third-order valence-corrected chi connectivity index (χ3v) is 10.8. The number of piperazine rings is 1. The summed E-state index contributed by atoms with van der Waals surface area (Å²) in [5.74, 6) is -0.0992. The van der Waals surface area contributed by atoms with Crippen LogP contribution in [0.15, 0.2) is 76.8 Å². The number of esters is 1. The van der Waals surface area contributed by atoms with Crippen molar-refractivity contribution >= 4 is 39.3 Å². The van der Waals surface area contributed by atoms with Crippen molar-refractivity contribution in [3.05, 3.63) is 105 Å². The topological polar surface area (TPSA) is 88.2 Å². The average molecular weight is 761 g/mol. The van der Waals surface area contributed by atoms with Gasteiger partial charge in [0.2, 0.25) is 5.91 Å². The lowest BCUT2D eigenvalue weighted by Crippen LogP contribution is -2.62. The van der Waals surface area contributed by atoms with Gasteiger partial charge in [0.05, 0.1) is 24.2 Å². The van der Waals surface area contributed by atoms with E-state index in [0.717, 1.165) is 58.8 Å². The van der Waals surface area contributed by atoms with Crippen molar-refractivity contribution < 1.29 is 28.2 Å². The summed E-state index contributed by atoms with van der Waals surface area (Å²) in [5.41, 5.74) is 6.48. The van der Waals surface area contributed by atoms with Crippen LogP contribution in [0, 0.1) is 12.7 Å². The molecule has 8 nitrogen and oxygen atoms in total. The van der Waals surface area contributed by atoms with Crippen molar-refractivity contribution in [3.63, 3.8) is 0 Å². The lowest BCUT2D eigenvalue weighted by atomic mass is 9.82. The Labute approximate surface area is 308 Å². The second-order valence-electron chi connectivity index (χ2n) is 13.9. The Morgan fingerprint density at radius 3 is 2.51 bits per heavy atom. The Morgan fingerprint density at radius 2 is 1.76 bits per heavy atom. The number of nitrogens with zero attached hydrogens (tertiary/aromatic N) is 2. The zero-order valence-electron chi connectivity index (χ0n) is 29.5. The molecule has 1 saturated heterocycles. The molecular weight excluding hydrogens is 713 g/mol. The number of fused-ring (bicyclic) bond motifs is 2. The van der Waals surface area contributed by atoms with E-state index in [-0.39, 0.29) is 54.6 Å². The molecule has 0 unspecified atom stereocenters. The second-order valence-corrected chi connectivity index (χ2v) is 14.7. The van der Waals surface area contributed by atoms with Crippen molar-refractivity contribution in [2.75, 3.05) is 33.4 Å². The van der Waals surface area contributed by atoms with E-state index in [9.17, 15) is 18.8 Å². The van der Waals surface area contributed by atoms with Gasteiger partial charge in [0.1, 0.15) is 11.6 Å². The van der Waals surface area contributed by atoms with Gasteiger partial charge in [0.15, 0.2) is 0 Å². The highest BCUT2D eigenvalue weighted by Crippen LogP contribution is 2.37. The van der Waals surface area contributed by atoms with Crippen LogP contribution in [0.3, 0.4) is 0 Å². The minimum Gasteiger partial charge on any atom is -0.492 e. The van der Waals surface area contributed by atoms with Gasteiger partial charge in [-0.2, -0.15) is 0 Å². The average Bonchev–Trinajstić information content (AvgIpc) is 3.97. The van der Waals surface area contributed by atoms with E-state index in [1.807, 2.05) is 11.0 Å². The van der Waals surface area contributed by atoms with Crippen molar-refractivity contribution in [3.8, 4) is 5.75 Å². The van der Waals surface area contributed by atoms with Crippen LogP contribution in [0.1, 0.15) is 67.2 Å². The number of amides is 2. The predicted octanol–water partition coefficient (Wildman–Crippen LogP) is 6.81. The van der Waals surface area contributed by atoms with E-state index < -0.39 is 0 Å². The van der Waals surface area contributed by atoms with Gasteiger partial charge in [-0.25, -0.2) is 4.39 Å². The molecule has 2 bridgehead atoms. The predicted molar refractivity (Wildman–Crippen MR) is 199 cm³/mol. The molecule has 3 aromatic rings. The third kappa shape index (κ3) is 9.46. The van der Waals surface area contributed by atoms with Crippen molar-refractivity contribution in [1.82, 2.24) is 15.1 Å². The van der Waals surface area contributed by atoms with Gasteiger partial charge >= 0.3 is 5.97 Å². The fourth-order valence-electron chi connectivity index (χ4n) is 7.26. The van der Waals surface area contributed by atoms with Crippen LogP contribution >= 0.6 is 15.9 Å². The van der Waals surface area contributed by atoms with Crippen LogP contribution in [0.4, 0.5) is 4.39 Å². The fraction of sp³-hybridized carbons (Fsp3) is 0.439. The minimum atomic E-state index is -0.334. The molecule has 6 rings (SSSR count). The lowest BCUT2D eigenvalue weighted by Gasteiger charge is -2.45. The zero-order chi connectivity index (χ0) is 35.9. The van der Waals surface area contributed by atoms with Crippen LogP contribution in [0.2, 0.25) is 0 Å². The molecule has 1 N–H and O–H groups in total. The molecule has 2 aliphatic heterocycles. The molecule has 10 heteroatoms. The highest BCUT2D eigenvalue weighted by atomic mass is 79.9. The molecule has 270 valence electrons. The molecule has 0 radical (unpaired) electrons. The highest BCUT2D eigenvalue weighted by Gasteiger charge is 2.43. The van der Waals surface area contributed by atoms with Crippen LogP contribution in [-0.4, -0.2) is 79.1 Å². The standard InChI is InChI=1S/C41H47BrFN3O5/c1-27-7-3-4-9-29(27)20-21-46(33-17-18-33)41(49)40-34(24-32-25-45(26-36(40)44-32)38(47)10-5-11-39(48)50-2)30-14-12-28(13-15-30)8-6-22-51-37-23-31(43)16-19-35(37)42/h3-4,7,9,12-16,19,23,32-33,36,44H,5-6,8,10-11,17-18,20-22,24-26H2,1-2H3/t32-,36-/m1/s1. The normalized spacial score (nSPS) is 18.4. The summed E-state index contributed by atoms with van der Waals surface area (Å²) < 4.78 is 24.9. The number of rotatable bonds is 15. The van der Waals surface area contributed by atoms with Gasteiger partial charge in [-0.15, -0.1) is 0 Å². The Balaban J connectivity index is 1.20. The molecule has 0 aromatic heterocycles. The maximum atomic E-state index is 14.8. The van der Waals surface area contributed by atoms with E-state index in [2.05, 4.69) is 75.5 Å². The van der Waals surface area contributed by atoms with Crippen LogP contribution in [-0.2, 0) is 32.0 Å². The van der Waals surface area contributed by atoms with E-state index >= 15 is 0 Å². The largest absolute Gasteiger partial charge is 0.492 e. The first-order chi connectivity index (χ1) is 24.7. The molecule has 1 saturated carbocycles. The molecule has 51 heavy (non-hydrogen) atoms. The minimum absolute atomic E-state index is 0.00217. The summed E-state index contributed by atoms with van der Waals surface area (Å²) >= 11 is 3.41. The first-order valence-corrected chi connectivity index (χ1v) is 18.9. The number of carbonyl (C=O) groups excluding carboxylic acids is 3. The molecular formula is C41H47BrFN3O5. The van der Waals surface area contributed by atoms with Crippen LogP contribution in [0.5, 0.6) is 5.75 Å². The number of halogens is 2. The number of hydrogen-bond acceptors (Lipinski definition) is 6. The van der Waals surface area contributed by atoms with E-state index in [1.54, 1.807) is 6.07 Å². The van der Waals surface area contributed by atoms with Gasteiger partial charge in [-0.3, -0.25) is 14.4 Å².